The lowest BCUT2D eigenvalue weighted by Gasteiger charge is -2.32. The molecule has 0 saturated carbocycles. The van der Waals surface area contributed by atoms with E-state index in [9.17, 15) is 13.2 Å². The van der Waals surface area contributed by atoms with E-state index in [4.69, 9.17) is 4.74 Å². The molecule has 1 atom stereocenters. The molecule has 0 spiro atoms. The number of nitrogens with one attached hydrogen (secondary N) is 2. The van der Waals surface area contributed by atoms with Gasteiger partial charge in [0, 0.05) is 27.2 Å². The number of alkyl halides is 3. The molecule has 0 aromatic heterocycles. The van der Waals surface area contributed by atoms with Gasteiger partial charge in [0.15, 0.2) is 5.96 Å². The maximum absolute atomic E-state index is 12.9. The summed E-state index contributed by atoms with van der Waals surface area (Å²) in [5.41, 5.74) is -0.0638. The van der Waals surface area contributed by atoms with Crippen LogP contribution in [-0.2, 0) is 10.9 Å². The van der Waals surface area contributed by atoms with E-state index in [1.54, 1.807) is 20.2 Å². The highest BCUT2D eigenvalue weighted by atomic mass is 19.4. The van der Waals surface area contributed by atoms with E-state index in [1.165, 1.54) is 12.1 Å². The summed E-state index contributed by atoms with van der Waals surface area (Å²) in [7, 11) is 3.39. The molecular formula is C20H31F3N4O. The summed E-state index contributed by atoms with van der Waals surface area (Å²) in [4.78, 5) is 6.62. The minimum Gasteiger partial charge on any atom is -0.383 e. The fourth-order valence-corrected chi connectivity index (χ4v) is 3.34. The first-order valence-electron chi connectivity index (χ1n) is 9.69. The number of hydrogen-bond donors (Lipinski definition) is 2. The Morgan fingerprint density at radius 3 is 2.64 bits per heavy atom. The molecule has 0 bridgehead atoms. The Labute approximate surface area is 165 Å². The molecule has 0 radical (unpaired) electrons. The molecule has 1 aromatic carbocycles. The Balaban J connectivity index is 1.81. The molecule has 8 heteroatoms. The summed E-state index contributed by atoms with van der Waals surface area (Å²) in [6, 6.07) is 5.10. The first-order chi connectivity index (χ1) is 13.3. The Kier molecular flexibility index (Phi) is 8.57. The van der Waals surface area contributed by atoms with Crippen LogP contribution < -0.4 is 10.6 Å². The lowest BCUT2D eigenvalue weighted by molar-refractivity contribution is -0.137. The number of guanidine groups is 1. The average Bonchev–Trinajstić information content (AvgIpc) is 2.69. The van der Waals surface area contributed by atoms with Gasteiger partial charge in [-0.15, -0.1) is 0 Å². The van der Waals surface area contributed by atoms with Crippen molar-refractivity contribution in [2.75, 3.05) is 46.9 Å². The summed E-state index contributed by atoms with van der Waals surface area (Å²) in [6.45, 7) is 6.47. The van der Waals surface area contributed by atoms with Crippen molar-refractivity contribution in [3.63, 3.8) is 0 Å². The number of piperidine rings is 1. The van der Waals surface area contributed by atoms with Crippen LogP contribution >= 0.6 is 0 Å². The van der Waals surface area contributed by atoms with Crippen LogP contribution in [0.15, 0.2) is 29.3 Å². The normalized spacial score (nSPS) is 18.1. The maximum Gasteiger partial charge on any atom is 0.416 e. The Morgan fingerprint density at radius 1 is 1.32 bits per heavy atom. The van der Waals surface area contributed by atoms with Gasteiger partial charge in [0.2, 0.25) is 0 Å². The van der Waals surface area contributed by atoms with Crippen molar-refractivity contribution < 1.29 is 17.9 Å². The third-order valence-electron chi connectivity index (χ3n) is 5.17. The van der Waals surface area contributed by atoms with Crippen molar-refractivity contribution in [3.8, 4) is 0 Å². The van der Waals surface area contributed by atoms with Gasteiger partial charge in [0.05, 0.1) is 18.2 Å². The predicted molar refractivity (Wildman–Crippen MR) is 105 cm³/mol. The van der Waals surface area contributed by atoms with E-state index >= 15 is 0 Å². The molecule has 28 heavy (non-hydrogen) atoms. The molecule has 158 valence electrons. The smallest absolute Gasteiger partial charge is 0.383 e. The van der Waals surface area contributed by atoms with Gasteiger partial charge in [-0.2, -0.15) is 13.2 Å². The van der Waals surface area contributed by atoms with Gasteiger partial charge in [-0.05, 0) is 56.5 Å². The van der Waals surface area contributed by atoms with E-state index in [2.05, 4.69) is 20.5 Å². The molecule has 1 aromatic rings. The summed E-state index contributed by atoms with van der Waals surface area (Å²) in [5.74, 6) is 1.16. The van der Waals surface area contributed by atoms with Crippen LogP contribution in [0.4, 0.5) is 13.2 Å². The highest BCUT2D eigenvalue weighted by molar-refractivity contribution is 5.80. The van der Waals surface area contributed by atoms with Crippen molar-refractivity contribution in [1.82, 2.24) is 15.5 Å². The lowest BCUT2D eigenvalue weighted by atomic mass is 9.97. The lowest BCUT2D eigenvalue weighted by Crippen LogP contribution is -2.43. The minimum atomic E-state index is -4.34. The van der Waals surface area contributed by atoms with E-state index in [1.807, 2.05) is 6.92 Å². The number of hydrogen-bond acceptors (Lipinski definition) is 3. The number of halogens is 3. The van der Waals surface area contributed by atoms with Gasteiger partial charge >= 0.3 is 6.18 Å². The number of methoxy groups -OCH3 is 1. The zero-order valence-electron chi connectivity index (χ0n) is 16.9. The number of ether oxygens (including phenoxy) is 1. The van der Waals surface area contributed by atoms with E-state index in [0.29, 0.717) is 17.4 Å². The first kappa shape index (κ1) is 22.5. The molecule has 1 unspecified atom stereocenters. The van der Waals surface area contributed by atoms with Gasteiger partial charge in [0.25, 0.3) is 0 Å². The molecule has 5 nitrogen and oxygen atoms in total. The van der Waals surface area contributed by atoms with Gasteiger partial charge < -0.3 is 20.3 Å². The van der Waals surface area contributed by atoms with Gasteiger partial charge in [-0.1, -0.05) is 12.1 Å². The van der Waals surface area contributed by atoms with E-state index < -0.39 is 11.7 Å². The second-order valence-electron chi connectivity index (χ2n) is 7.22. The van der Waals surface area contributed by atoms with Crippen LogP contribution in [0.2, 0.25) is 0 Å². The molecule has 2 N–H and O–H groups in total. The van der Waals surface area contributed by atoms with Gasteiger partial charge in [0.1, 0.15) is 0 Å². The SMILES string of the molecule is CN=C(NCC1CCN(CCOC)CC1)NC(C)c1cccc(C(F)(F)F)c1. The van der Waals surface area contributed by atoms with Crippen LogP contribution in [0, 0.1) is 5.92 Å². The zero-order chi connectivity index (χ0) is 20.6. The predicted octanol–water partition coefficient (Wildman–Crippen LogP) is 3.29. The molecule has 0 aliphatic carbocycles. The molecule has 2 rings (SSSR count). The van der Waals surface area contributed by atoms with Crippen LogP contribution in [0.25, 0.3) is 0 Å². The molecule has 1 aliphatic heterocycles. The monoisotopic (exact) mass is 400 g/mol. The summed E-state index contributed by atoms with van der Waals surface area (Å²) < 4.78 is 43.9. The Morgan fingerprint density at radius 2 is 2.04 bits per heavy atom. The van der Waals surface area contributed by atoms with Crippen molar-refractivity contribution >= 4 is 5.96 Å². The summed E-state index contributed by atoms with van der Waals surface area (Å²) in [5, 5.41) is 6.50. The fraction of sp³-hybridized carbons (Fsp3) is 0.650. The largest absolute Gasteiger partial charge is 0.416 e. The van der Waals surface area contributed by atoms with Crippen molar-refractivity contribution in [2.45, 2.75) is 32.0 Å². The van der Waals surface area contributed by atoms with E-state index in [-0.39, 0.29) is 6.04 Å². The van der Waals surface area contributed by atoms with Gasteiger partial charge in [-0.25, -0.2) is 0 Å². The van der Waals surface area contributed by atoms with Crippen LogP contribution in [-0.4, -0.2) is 57.8 Å². The van der Waals surface area contributed by atoms with Gasteiger partial charge in [-0.3, -0.25) is 4.99 Å². The van der Waals surface area contributed by atoms with Crippen molar-refractivity contribution in [3.05, 3.63) is 35.4 Å². The number of benzene rings is 1. The maximum atomic E-state index is 12.9. The quantitative estimate of drug-likeness (QED) is 0.545. The third-order valence-corrected chi connectivity index (χ3v) is 5.17. The topological polar surface area (TPSA) is 48.9 Å². The first-order valence-corrected chi connectivity index (χ1v) is 9.69. The molecule has 1 heterocycles. The molecular weight excluding hydrogens is 369 g/mol. The van der Waals surface area contributed by atoms with Crippen molar-refractivity contribution in [2.24, 2.45) is 10.9 Å². The zero-order valence-corrected chi connectivity index (χ0v) is 16.9. The molecule has 0 amide bonds. The van der Waals surface area contributed by atoms with Crippen LogP contribution in [0.5, 0.6) is 0 Å². The Bertz CT molecular complexity index is 628. The highest BCUT2D eigenvalue weighted by Gasteiger charge is 2.30. The second kappa shape index (κ2) is 10.7. The molecule has 1 fully saturated rings. The van der Waals surface area contributed by atoms with Crippen LogP contribution in [0.1, 0.15) is 36.9 Å². The Hall–Kier alpha value is -1.80. The third kappa shape index (κ3) is 6.98. The average molecular weight is 400 g/mol. The van der Waals surface area contributed by atoms with Crippen molar-refractivity contribution in [1.29, 1.82) is 0 Å². The number of aliphatic imine (C=N–C) groups is 1. The summed E-state index contributed by atoms with van der Waals surface area (Å²) >= 11 is 0. The summed E-state index contributed by atoms with van der Waals surface area (Å²) in [6.07, 6.45) is -2.12. The second-order valence-corrected chi connectivity index (χ2v) is 7.22. The number of likely N-dealkylation sites (tertiary alicyclic amines) is 1. The molecule has 1 aliphatic rings. The number of rotatable bonds is 7. The van der Waals surface area contributed by atoms with Crippen LogP contribution in [0.3, 0.4) is 0 Å². The standard InChI is InChI=1S/C20H31F3N4O/c1-15(17-5-4-6-18(13-17)20(21,22)23)26-19(24-2)25-14-16-7-9-27(10-8-16)11-12-28-3/h4-6,13,15-16H,7-12,14H2,1-3H3,(H2,24,25,26). The minimum absolute atomic E-state index is 0.288. The molecule has 1 saturated heterocycles. The highest BCUT2D eigenvalue weighted by Crippen LogP contribution is 2.30. The fourth-order valence-electron chi connectivity index (χ4n) is 3.34. The number of nitrogens with zero attached hydrogens (tertiary/aromatic N) is 2. The van der Waals surface area contributed by atoms with E-state index in [0.717, 1.165) is 51.7 Å².